The SMILES string of the molecule is O=C(O)c1ccc(CCc2cccc(N(c3ccc4ccccc4c3)S(=O)O)c2)cc1. The summed E-state index contributed by atoms with van der Waals surface area (Å²) in [5, 5.41) is 11.1. The number of aromatic carboxylic acids is 1. The molecule has 0 aliphatic rings. The smallest absolute Gasteiger partial charge is 0.335 e. The number of benzene rings is 4. The van der Waals surface area contributed by atoms with Crippen molar-refractivity contribution >= 4 is 39.4 Å². The van der Waals surface area contributed by atoms with Crippen LogP contribution in [0.1, 0.15) is 21.5 Å². The standard InChI is InChI=1S/C25H21NO4S/c27-25(28)21-12-10-18(11-13-21)8-9-19-4-3-7-23(16-19)26(31(29)30)24-15-14-20-5-1-2-6-22(20)17-24/h1-7,10-17H,8-9H2,(H,27,28)(H,29,30). The maximum atomic E-state index is 12.2. The molecule has 6 heteroatoms. The first-order valence-electron chi connectivity index (χ1n) is 9.82. The topological polar surface area (TPSA) is 77.8 Å². The molecular weight excluding hydrogens is 410 g/mol. The highest BCUT2D eigenvalue weighted by Gasteiger charge is 2.16. The third-order valence-electron chi connectivity index (χ3n) is 5.17. The number of hydrogen-bond donors (Lipinski definition) is 2. The average molecular weight is 432 g/mol. The van der Waals surface area contributed by atoms with Gasteiger partial charge in [-0.25, -0.2) is 13.3 Å². The maximum Gasteiger partial charge on any atom is 0.335 e. The van der Waals surface area contributed by atoms with Crippen LogP contribution in [-0.2, 0) is 24.1 Å². The Labute approximate surface area is 183 Å². The van der Waals surface area contributed by atoms with Crippen molar-refractivity contribution < 1.29 is 18.7 Å². The zero-order valence-corrected chi connectivity index (χ0v) is 17.5. The molecule has 5 nitrogen and oxygen atoms in total. The molecule has 31 heavy (non-hydrogen) atoms. The van der Waals surface area contributed by atoms with E-state index in [-0.39, 0.29) is 5.56 Å². The molecule has 0 aliphatic carbocycles. The molecule has 156 valence electrons. The van der Waals surface area contributed by atoms with E-state index in [1.54, 1.807) is 12.1 Å². The number of carbonyl (C=O) groups is 1. The maximum absolute atomic E-state index is 12.2. The molecule has 1 atom stereocenters. The Bertz CT molecular complexity index is 1250. The van der Waals surface area contributed by atoms with Crippen molar-refractivity contribution in [2.75, 3.05) is 4.31 Å². The number of fused-ring (bicyclic) bond motifs is 1. The van der Waals surface area contributed by atoms with E-state index >= 15 is 0 Å². The van der Waals surface area contributed by atoms with Gasteiger partial charge in [-0.3, -0.25) is 4.55 Å². The average Bonchev–Trinajstić information content (AvgIpc) is 2.78. The predicted octanol–water partition coefficient (Wildman–Crippen LogP) is 5.60. The van der Waals surface area contributed by atoms with Gasteiger partial charge in [-0.05, 0) is 71.1 Å². The van der Waals surface area contributed by atoms with Crippen LogP contribution in [0.5, 0.6) is 0 Å². The molecule has 1 unspecified atom stereocenters. The highest BCUT2D eigenvalue weighted by molar-refractivity contribution is 7.81. The van der Waals surface area contributed by atoms with Gasteiger partial charge in [0.15, 0.2) is 0 Å². The van der Waals surface area contributed by atoms with Crippen LogP contribution in [0.25, 0.3) is 10.8 Å². The Morgan fingerprint density at radius 3 is 2.13 bits per heavy atom. The van der Waals surface area contributed by atoms with Crippen molar-refractivity contribution in [2.45, 2.75) is 12.8 Å². The fraction of sp³-hybridized carbons (Fsp3) is 0.0800. The van der Waals surface area contributed by atoms with Crippen LogP contribution in [-0.4, -0.2) is 19.8 Å². The molecule has 0 spiro atoms. The van der Waals surface area contributed by atoms with Gasteiger partial charge in [0.05, 0.1) is 16.9 Å². The largest absolute Gasteiger partial charge is 0.478 e. The van der Waals surface area contributed by atoms with Gasteiger partial charge in [-0.1, -0.05) is 54.6 Å². The minimum absolute atomic E-state index is 0.266. The third kappa shape index (κ3) is 4.82. The van der Waals surface area contributed by atoms with Crippen LogP contribution in [0.3, 0.4) is 0 Å². The van der Waals surface area contributed by atoms with Gasteiger partial charge in [0, 0.05) is 0 Å². The minimum Gasteiger partial charge on any atom is -0.478 e. The van der Waals surface area contributed by atoms with E-state index in [1.807, 2.05) is 78.9 Å². The number of anilines is 2. The lowest BCUT2D eigenvalue weighted by molar-refractivity contribution is 0.0697. The molecule has 0 heterocycles. The van der Waals surface area contributed by atoms with Gasteiger partial charge in [0.1, 0.15) is 0 Å². The lowest BCUT2D eigenvalue weighted by Gasteiger charge is -2.21. The van der Waals surface area contributed by atoms with Crippen LogP contribution in [0, 0.1) is 0 Å². The predicted molar refractivity (Wildman–Crippen MR) is 124 cm³/mol. The first-order chi connectivity index (χ1) is 15.0. The summed E-state index contributed by atoms with van der Waals surface area (Å²) in [6, 6.07) is 28.0. The molecule has 0 fully saturated rings. The number of nitrogens with zero attached hydrogens (tertiary/aromatic N) is 1. The molecule has 0 aliphatic heterocycles. The van der Waals surface area contributed by atoms with E-state index < -0.39 is 17.2 Å². The second-order valence-electron chi connectivity index (χ2n) is 7.23. The van der Waals surface area contributed by atoms with E-state index in [9.17, 15) is 13.6 Å². The molecule has 0 radical (unpaired) electrons. The second kappa shape index (κ2) is 9.12. The fourth-order valence-electron chi connectivity index (χ4n) is 3.57. The molecule has 4 aromatic rings. The van der Waals surface area contributed by atoms with Crippen LogP contribution in [0.15, 0.2) is 91.0 Å². The van der Waals surface area contributed by atoms with Gasteiger partial charge in [0.2, 0.25) is 0 Å². The van der Waals surface area contributed by atoms with E-state index in [0.717, 1.165) is 34.7 Å². The number of carboxylic acid groups (broad SMARTS) is 1. The molecule has 0 saturated carbocycles. The Morgan fingerprint density at radius 2 is 1.42 bits per heavy atom. The van der Waals surface area contributed by atoms with Crippen LogP contribution in [0.2, 0.25) is 0 Å². The summed E-state index contributed by atoms with van der Waals surface area (Å²) >= 11 is -2.23. The lowest BCUT2D eigenvalue weighted by atomic mass is 10.0. The molecule has 2 N–H and O–H groups in total. The monoisotopic (exact) mass is 431 g/mol. The summed E-state index contributed by atoms with van der Waals surface area (Å²) in [5.41, 5.74) is 3.60. The number of rotatable bonds is 7. The number of aryl methyl sites for hydroxylation is 2. The molecule has 0 bridgehead atoms. The molecule has 4 aromatic carbocycles. The van der Waals surface area contributed by atoms with Gasteiger partial charge < -0.3 is 5.11 Å². The summed E-state index contributed by atoms with van der Waals surface area (Å²) in [5.74, 6) is -0.940. The second-order valence-corrected chi connectivity index (χ2v) is 8.06. The first kappa shape index (κ1) is 20.8. The summed E-state index contributed by atoms with van der Waals surface area (Å²) in [6.07, 6.45) is 1.46. The van der Waals surface area contributed by atoms with Crippen molar-refractivity contribution in [3.63, 3.8) is 0 Å². The van der Waals surface area contributed by atoms with E-state index in [2.05, 4.69) is 0 Å². The fourth-order valence-corrected chi connectivity index (χ4v) is 4.16. The highest BCUT2D eigenvalue weighted by Crippen LogP contribution is 2.30. The van der Waals surface area contributed by atoms with Crippen molar-refractivity contribution in [1.29, 1.82) is 0 Å². The van der Waals surface area contributed by atoms with E-state index in [1.165, 1.54) is 4.31 Å². The van der Waals surface area contributed by atoms with E-state index in [4.69, 9.17) is 5.11 Å². The summed E-state index contributed by atoms with van der Waals surface area (Å²) in [4.78, 5) is 11.0. The Kier molecular flexibility index (Phi) is 6.11. The number of carboxylic acids is 1. The van der Waals surface area contributed by atoms with Crippen molar-refractivity contribution in [3.05, 3.63) is 108 Å². The van der Waals surface area contributed by atoms with Crippen LogP contribution < -0.4 is 4.31 Å². The molecule has 4 rings (SSSR count). The lowest BCUT2D eigenvalue weighted by Crippen LogP contribution is -2.19. The van der Waals surface area contributed by atoms with Gasteiger partial charge in [0.25, 0.3) is 11.3 Å². The molecule has 0 saturated heterocycles. The highest BCUT2D eigenvalue weighted by atomic mass is 32.2. The number of hydrogen-bond acceptors (Lipinski definition) is 2. The molecule has 0 aromatic heterocycles. The summed E-state index contributed by atoms with van der Waals surface area (Å²) in [7, 11) is 0. The Morgan fingerprint density at radius 1 is 0.742 bits per heavy atom. The summed E-state index contributed by atoms with van der Waals surface area (Å²) in [6.45, 7) is 0. The van der Waals surface area contributed by atoms with Crippen LogP contribution >= 0.6 is 0 Å². The first-order valence-corrected chi connectivity index (χ1v) is 10.9. The Balaban J connectivity index is 1.57. The van der Waals surface area contributed by atoms with Crippen molar-refractivity contribution in [2.24, 2.45) is 0 Å². The minimum atomic E-state index is -2.23. The zero-order valence-electron chi connectivity index (χ0n) is 16.6. The zero-order chi connectivity index (χ0) is 21.8. The normalized spacial score (nSPS) is 11.9. The van der Waals surface area contributed by atoms with Crippen LogP contribution in [0.4, 0.5) is 11.4 Å². The van der Waals surface area contributed by atoms with Crippen molar-refractivity contribution in [3.8, 4) is 0 Å². The van der Waals surface area contributed by atoms with Gasteiger partial charge in [-0.15, -0.1) is 0 Å². The third-order valence-corrected chi connectivity index (χ3v) is 5.91. The van der Waals surface area contributed by atoms with Crippen molar-refractivity contribution in [1.82, 2.24) is 0 Å². The molecular formula is C25H21NO4S. The van der Waals surface area contributed by atoms with Gasteiger partial charge >= 0.3 is 5.97 Å². The summed E-state index contributed by atoms with van der Waals surface area (Å²) < 4.78 is 23.6. The molecule has 0 amide bonds. The Hall–Kier alpha value is -3.48. The van der Waals surface area contributed by atoms with Gasteiger partial charge in [-0.2, -0.15) is 0 Å². The quantitative estimate of drug-likeness (QED) is 0.374. The van der Waals surface area contributed by atoms with E-state index in [0.29, 0.717) is 11.4 Å².